The maximum Gasteiger partial charge on any atom is 0.174 e. The van der Waals surface area contributed by atoms with E-state index in [1.54, 1.807) is 14.2 Å². The molecule has 0 saturated carbocycles. The monoisotopic (exact) mass is 397 g/mol. The number of nitrogens with one attached hydrogen (secondary N) is 1. The van der Waals surface area contributed by atoms with E-state index in [1.165, 1.54) is 11.1 Å². The second kappa shape index (κ2) is 7.02. The molecule has 0 aromatic heterocycles. The lowest BCUT2D eigenvalue weighted by Crippen LogP contribution is -2.03. The van der Waals surface area contributed by atoms with E-state index in [1.807, 2.05) is 6.07 Å². The third-order valence-corrected chi connectivity index (χ3v) is 4.16. The van der Waals surface area contributed by atoms with Gasteiger partial charge in [-0.15, -0.1) is 0 Å². The van der Waals surface area contributed by atoms with Crippen molar-refractivity contribution >= 4 is 28.3 Å². The second-order valence-corrected chi connectivity index (χ2v) is 6.15. The lowest BCUT2D eigenvalue weighted by molar-refractivity contribution is 0.352. The molecule has 0 amide bonds. The van der Waals surface area contributed by atoms with Crippen LogP contribution in [0.4, 0.5) is 5.69 Å². The molecule has 21 heavy (non-hydrogen) atoms. The molecule has 0 radical (unpaired) electrons. The molecule has 0 aliphatic carbocycles. The maximum atomic E-state index is 5.39. The van der Waals surface area contributed by atoms with E-state index in [0.29, 0.717) is 0 Å². The first-order chi connectivity index (χ1) is 10.0. The standard InChI is InChI=1S/C17H20INO2/c1-11-5-6-15(12(2)7-11)19-10-13-8-14(18)17(21-4)16(9-13)20-3/h5-9,19H,10H2,1-4H3. The molecule has 0 fully saturated rings. The van der Waals surface area contributed by atoms with Crippen LogP contribution in [0.1, 0.15) is 16.7 Å². The Balaban J connectivity index is 2.18. The molecule has 0 spiro atoms. The summed E-state index contributed by atoms with van der Waals surface area (Å²) in [4.78, 5) is 0. The van der Waals surface area contributed by atoms with E-state index in [0.717, 1.165) is 32.9 Å². The average molecular weight is 397 g/mol. The zero-order valence-corrected chi connectivity index (χ0v) is 14.9. The zero-order chi connectivity index (χ0) is 15.4. The molecule has 2 aromatic carbocycles. The highest BCUT2D eigenvalue weighted by Gasteiger charge is 2.10. The van der Waals surface area contributed by atoms with Crippen molar-refractivity contribution in [2.45, 2.75) is 20.4 Å². The Bertz CT molecular complexity index is 641. The van der Waals surface area contributed by atoms with Gasteiger partial charge in [-0.25, -0.2) is 0 Å². The van der Waals surface area contributed by atoms with Gasteiger partial charge in [0.25, 0.3) is 0 Å². The molecule has 0 atom stereocenters. The van der Waals surface area contributed by atoms with Crippen LogP contribution in [-0.4, -0.2) is 14.2 Å². The van der Waals surface area contributed by atoms with Gasteiger partial charge in [-0.3, -0.25) is 0 Å². The zero-order valence-electron chi connectivity index (χ0n) is 12.8. The summed E-state index contributed by atoms with van der Waals surface area (Å²) in [6.45, 7) is 4.97. The summed E-state index contributed by atoms with van der Waals surface area (Å²) >= 11 is 2.27. The summed E-state index contributed by atoms with van der Waals surface area (Å²) in [7, 11) is 3.32. The Morgan fingerprint density at radius 2 is 1.81 bits per heavy atom. The fourth-order valence-corrected chi connectivity index (χ4v) is 3.17. The SMILES string of the molecule is COc1cc(CNc2ccc(C)cc2C)cc(I)c1OC. The first-order valence-electron chi connectivity index (χ1n) is 6.76. The van der Waals surface area contributed by atoms with Gasteiger partial charge in [0.2, 0.25) is 0 Å². The predicted molar refractivity (Wildman–Crippen MR) is 95.5 cm³/mol. The van der Waals surface area contributed by atoms with Gasteiger partial charge in [0.05, 0.1) is 17.8 Å². The molecular formula is C17H20INO2. The highest BCUT2D eigenvalue weighted by atomic mass is 127. The van der Waals surface area contributed by atoms with Crippen LogP contribution in [0.15, 0.2) is 30.3 Å². The maximum absolute atomic E-state index is 5.39. The van der Waals surface area contributed by atoms with Crippen molar-refractivity contribution in [2.24, 2.45) is 0 Å². The van der Waals surface area contributed by atoms with Crippen LogP contribution in [0.2, 0.25) is 0 Å². The molecule has 112 valence electrons. The Morgan fingerprint density at radius 3 is 2.43 bits per heavy atom. The first kappa shape index (κ1) is 15.9. The number of benzene rings is 2. The molecule has 0 bridgehead atoms. The van der Waals surface area contributed by atoms with Crippen molar-refractivity contribution < 1.29 is 9.47 Å². The number of ether oxygens (including phenoxy) is 2. The van der Waals surface area contributed by atoms with E-state index >= 15 is 0 Å². The van der Waals surface area contributed by atoms with Crippen molar-refractivity contribution in [3.63, 3.8) is 0 Å². The second-order valence-electron chi connectivity index (χ2n) is 4.99. The average Bonchev–Trinajstić information content (AvgIpc) is 2.45. The van der Waals surface area contributed by atoms with Crippen molar-refractivity contribution in [3.05, 3.63) is 50.6 Å². The van der Waals surface area contributed by atoms with E-state index in [9.17, 15) is 0 Å². The minimum atomic E-state index is 0.750. The molecule has 0 aliphatic rings. The van der Waals surface area contributed by atoms with Crippen LogP contribution < -0.4 is 14.8 Å². The number of aryl methyl sites for hydroxylation is 2. The Labute approximate surface area is 139 Å². The van der Waals surface area contributed by atoms with Gasteiger partial charge < -0.3 is 14.8 Å². The summed E-state index contributed by atoms with van der Waals surface area (Å²) in [5, 5.41) is 3.47. The van der Waals surface area contributed by atoms with Gasteiger partial charge in [0, 0.05) is 12.2 Å². The van der Waals surface area contributed by atoms with E-state index < -0.39 is 0 Å². The minimum absolute atomic E-state index is 0.750. The summed E-state index contributed by atoms with van der Waals surface area (Å²) in [6.07, 6.45) is 0. The Morgan fingerprint density at radius 1 is 1.05 bits per heavy atom. The quantitative estimate of drug-likeness (QED) is 0.752. The molecule has 0 saturated heterocycles. The summed E-state index contributed by atoms with van der Waals surface area (Å²) in [5.74, 6) is 1.55. The molecule has 0 aliphatic heterocycles. The van der Waals surface area contributed by atoms with Gasteiger partial charge in [-0.2, -0.15) is 0 Å². The molecule has 2 rings (SSSR count). The molecule has 1 N–H and O–H groups in total. The van der Waals surface area contributed by atoms with Crippen LogP contribution in [-0.2, 0) is 6.54 Å². The number of halogens is 1. The molecule has 0 heterocycles. The van der Waals surface area contributed by atoms with Gasteiger partial charge in [0.1, 0.15) is 0 Å². The van der Waals surface area contributed by atoms with Gasteiger partial charge in [-0.05, 0) is 65.8 Å². The summed E-state index contributed by atoms with van der Waals surface area (Å²) < 4.78 is 11.8. The summed E-state index contributed by atoms with van der Waals surface area (Å²) in [5.41, 5.74) is 4.85. The van der Waals surface area contributed by atoms with Crippen LogP contribution in [0.5, 0.6) is 11.5 Å². The molecule has 2 aromatic rings. The molecular weight excluding hydrogens is 377 g/mol. The van der Waals surface area contributed by atoms with Crippen molar-refractivity contribution in [2.75, 3.05) is 19.5 Å². The topological polar surface area (TPSA) is 30.5 Å². The van der Waals surface area contributed by atoms with Crippen LogP contribution >= 0.6 is 22.6 Å². The van der Waals surface area contributed by atoms with Crippen LogP contribution in [0.25, 0.3) is 0 Å². The predicted octanol–water partition coefficient (Wildman–Crippen LogP) is 4.54. The van der Waals surface area contributed by atoms with Crippen molar-refractivity contribution in [1.29, 1.82) is 0 Å². The number of hydrogen-bond donors (Lipinski definition) is 1. The highest BCUT2D eigenvalue weighted by molar-refractivity contribution is 14.1. The van der Waals surface area contributed by atoms with E-state index in [2.05, 4.69) is 66.0 Å². The summed E-state index contributed by atoms with van der Waals surface area (Å²) in [6, 6.07) is 10.5. The molecule has 3 nitrogen and oxygen atoms in total. The van der Waals surface area contributed by atoms with Crippen LogP contribution in [0, 0.1) is 17.4 Å². The fourth-order valence-electron chi connectivity index (χ4n) is 2.28. The lowest BCUT2D eigenvalue weighted by Gasteiger charge is -2.14. The van der Waals surface area contributed by atoms with Gasteiger partial charge in [-0.1, -0.05) is 17.7 Å². The third-order valence-electron chi connectivity index (χ3n) is 3.36. The normalized spacial score (nSPS) is 10.3. The van der Waals surface area contributed by atoms with Gasteiger partial charge >= 0.3 is 0 Å². The van der Waals surface area contributed by atoms with E-state index in [-0.39, 0.29) is 0 Å². The largest absolute Gasteiger partial charge is 0.493 e. The van der Waals surface area contributed by atoms with Crippen LogP contribution in [0.3, 0.4) is 0 Å². The van der Waals surface area contributed by atoms with Crippen molar-refractivity contribution in [3.8, 4) is 11.5 Å². The van der Waals surface area contributed by atoms with Gasteiger partial charge in [0.15, 0.2) is 11.5 Å². The molecule has 0 unspecified atom stereocenters. The number of anilines is 1. The molecule has 4 heteroatoms. The lowest BCUT2D eigenvalue weighted by atomic mass is 10.1. The first-order valence-corrected chi connectivity index (χ1v) is 7.84. The number of methoxy groups -OCH3 is 2. The minimum Gasteiger partial charge on any atom is -0.493 e. The van der Waals surface area contributed by atoms with Crippen molar-refractivity contribution in [1.82, 2.24) is 0 Å². The number of rotatable bonds is 5. The third kappa shape index (κ3) is 3.81. The van der Waals surface area contributed by atoms with E-state index in [4.69, 9.17) is 9.47 Å². The smallest absolute Gasteiger partial charge is 0.174 e. The Kier molecular flexibility index (Phi) is 5.33. The Hall–Kier alpha value is -1.43. The highest BCUT2D eigenvalue weighted by Crippen LogP contribution is 2.33. The number of hydrogen-bond acceptors (Lipinski definition) is 3. The fraction of sp³-hybridized carbons (Fsp3) is 0.294.